The van der Waals surface area contributed by atoms with Crippen molar-refractivity contribution in [3.63, 3.8) is 0 Å². The van der Waals surface area contributed by atoms with Crippen LogP contribution in [0.2, 0.25) is 0 Å². The summed E-state index contributed by atoms with van der Waals surface area (Å²) in [6, 6.07) is 0. The first-order valence-electron chi connectivity index (χ1n) is 7.65. The Bertz CT molecular complexity index is 439. The van der Waals surface area contributed by atoms with E-state index in [2.05, 4.69) is 24.3 Å². The second-order valence-corrected chi connectivity index (χ2v) is 6.66. The Morgan fingerprint density at radius 3 is 2.62 bits per heavy atom. The lowest BCUT2D eigenvalue weighted by atomic mass is 9.78. The van der Waals surface area contributed by atoms with Crippen LogP contribution in [0.4, 0.5) is 0 Å². The van der Waals surface area contributed by atoms with Gasteiger partial charge in [0, 0.05) is 13.0 Å². The second-order valence-electron chi connectivity index (χ2n) is 6.66. The molecule has 0 aromatic heterocycles. The quantitative estimate of drug-likeness (QED) is 0.784. The largest absolute Gasteiger partial charge is 0.477 e. The van der Waals surface area contributed by atoms with Crippen molar-refractivity contribution in [1.29, 1.82) is 0 Å². The van der Waals surface area contributed by atoms with Crippen molar-refractivity contribution in [3.05, 3.63) is 0 Å². The number of hydrogen-bond donors (Lipinski definition) is 2. The van der Waals surface area contributed by atoms with Gasteiger partial charge in [0.2, 0.25) is 6.10 Å². The molecule has 1 saturated carbocycles. The zero-order valence-corrected chi connectivity index (χ0v) is 12.7. The number of oxime groups is 1. The predicted molar refractivity (Wildman–Crippen MR) is 77.9 cm³/mol. The number of nitrogens with zero attached hydrogens (tertiary/aromatic N) is 1. The molecule has 6 heteroatoms. The van der Waals surface area contributed by atoms with E-state index in [4.69, 9.17) is 9.94 Å². The van der Waals surface area contributed by atoms with Crippen LogP contribution in [-0.2, 0) is 14.4 Å². The van der Waals surface area contributed by atoms with E-state index in [1.807, 2.05) is 0 Å². The summed E-state index contributed by atoms with van der Waals surface area (Å²) < 4.78 is 0. The molecular formula is C15H24N2O4. The van der Waals surface area contributed by atoms with Crippen molar-refractivity contribution in [3.8, 4) is 0 Å². The van der Waals surface area contributed by atoms with Crippen molar-refractivity contribution in [2.45, 2.75) is 58.5 Å². The Morgan fingerprint density at radius 2 is 2.10 bits per heavy atom. The highest BCUT2D eigenvalue weighted by molar-refractivity contribution is 6.36. The summed E-state index contributed by atoms with van der Waals surface area (Å²) in [5.74, 6) is -0.785. The SMILES string of the molecule is CC(C)CC1(CNC(=O)C2CC(C(=O)O)=NO2)CCCC1. The maximum Gasteiger partial charge on any atom is 0.353 e. The molecule has 118 valence electrons. The molecule has 21 heavy (non-hydrogen) atoms. The van der Waals surface area contributed by atoms with Crippen LogP contribution < -0.4 is 5.32 Å². The highest BCUT2D eigenvalue weighted by Crippen LogP contribution is 2.42. The first-order valence-corrected chi connectivity index (χ1v) is 7.65. The minimum absolute atomic E-state index is 0.0400. The molecule has 0 saturated heterocycles. The number of rotatable bonds is 6. The molecule has 2 aliphatic rings. The summed E-state index contributed by atoms with van der Waals surface area (Å²) in [6.07, 6.45) is 5.08. The van der Waals surface area contributed by atoms with Gasteiger partial charge < -0.3 is 15.3 Å². The van der Waals surface area contributed by atoms with Gasteiger partial charge in [0.15, 0.2) is 5.71 Å². The van der Waals surface area contributed by atoms with Gasteiger partial charge in [0.05, 0.1) is 0 Å². The molecule has 1 atom stereocenters. The molecule has 0 bridgehead atoms. The van der Waals surface area contributed by atoms with Crippen LogP contribution >= 0.6 is 0 Å². The van der Waals surface area contributed by atoms with Crippen LogP contribution in [0.25, 0.3) is 0 Å². The summed E-state index contributed by atoms with van der Waals surface area (Å²) in [5.41, 5.74) is 0.103. The summed E-state index contributed by atoms with van der Waals surface area (Å²) in [6.45, 7) is 5.05. The third-order valence-corrected chi connectivity index (χ3v) is 4.35. The molecular weight excluding hydrogens is 272 g/mol. The lowest BCUT2D eigenvalue weighted by molar-refractivity contribution is -0.131. The number of carboxylic acids is 1. The molecule has 1 amide bonds. The van der Waals surface area contributed by atoms with E-state index in [1.54, 1.807) is 0 Å². The Balaban J connectivity index is 1.84. The van der Waals surface area contributed by atoms with E-state index in [9.17, 15) is 9.59 Å². The van der Waals surface area contributed by atoms with Crippen molar-refractivity contribution < 1.29 is 19.5 Å². The maximum absolute atomic E-state index is 12.1. The monoisotopic (exact) mass is 296 g/mol. The van der Waals surface area contributed by atoms with Crippen molar-refractivity contribution >= 4 is 17.6 Å². The van der Waals surface area contributed by atoms with E-state index in [0.717, 1.165) is 19.3 Å². The zero-order chi connectivity index (χ0) is 15.5. The molecule has 2 rings (SSSR count). The summed E-state index contributed by atoms with van der Waals surface area (Å²) in [4.78, 5) is 27.8. The molecule has 1 aliphatic carbocycles. The van der Waals surface area contributed by atoms with Gasteiger partial charge in [0.1, 0.15) is 0 Å². The van der Waals surface area contributed by atoms with E-state index < -0.39 is 12.1 Å². The zero-order valence-electron chi connectivity index (χ0n) is 12.7. The Kier molecular flexibility index (Phi) is 4.85. The smallest absolute Gasteiger partial charge is 0.353 e. The van der Waals surface area contributed by atoms with Crippen LogP contribution in [0.3, 0.4) is 0 Å². The van der Waals surface area contributed by atoms with Gasteiger partial charge in [-0.15, -0.1) is 0 Å². The van der Waals surface area contributed by atoms with Gasteiger partial charge in [-0.25, -0.2) is 4.79 Å². The van der Waals surface area contributed by atoms with Gasteiger partial charge in [-0.2, -0.15) is 0 Å². The third-order valence-electron chi connectivity index (χ3n) is 4.35. The molecule has 6 nitrogen and oxygen atoms in total. The maximum atomic E-state index is 12.1. The minimum Gasteiger partial charge on any atom is -0.477 e. The molecule has 1 heterocycles. The number of aliphatic carboxylic acids is 1. The van der Waals surface area contributed by atoms with Crippen LogP contribution in [0.1, 0.15) is 52.4 Å². The van der Waals surface area contributed by atoms with Gasteiger partial charge in [-0.1, -0.05) is 31.8 Å². The van der Waals surface area contributed by atoms with Crippen molar-refractivity contribution in [2.24, 2.45) is 16.5 Å². The van der Waals surface area contributed by atoms with E-state index in [0.29, 0.717) is 12.5 Å². The fourth-order valence-corrected chi connectivity index (χ4v) is 3.48. The number of carbonyl (C=O) groups is 2. The number of carboxylic acid groups (broad SMARTS) is 1. The molecule has 0 radical (unpaired) electrons. The Morgan fingerprint density at radius 1 is 1.43 bits per heavy atom. The second kappa shape index (κ2) is 6.45. The molecule has 0 spiro atoms. The minimum atomic E-state index is -1.13. The lowest BCUT2D eigenvalue weighted by Gasteiger charge is -2.31. The fraction of sp³-hybridized carbons (Fsp3) is 0.800. The summed E-state index contributed by atoms with van der Waals surface area (Å²) in [7, 11) is 0. The highest BCUT2D eigenvalue weighted by Gasteiger charge is 2.37. The number of nitrogens with one attached hydrogen (secondary N) is 1. The van der Waals surface area contributed by atoms with Crippen LogP contribution in [0, 0.1) is 11.3 Å². The van der Waals surface area contributed by atoms with Crippen LogP contribution in [0.5, 0.6) is 0 Å². The molecule has 1 aliphatic heterocycles. The first-order chi connectivity index (χ1) is 9.92. The van der Waals surface area contributed by atoms with Gasteiger partial charge in [0.25, 0.3) is 5.91 Å². The average molecular weight is 296 g/mol. The number of carbonyl (C=O) groups excluding carboxylic acids is 1. The molecule has 0 aromatic rings. The van der Waals surface area contributed by atoms with E-state index >= 15 is 0 Å². The van der Waals surface area contributed by atoms with Crippen molar-refractivity contribution in [2.75, 3.05) is 6.54 Å². The normalized spacial score (nSPS) is 23.8. The number of amides is 1. The first kappa shape index (κ1) is 15.8. The molecule has 1 fully saturated rings. The van der Waals surface area contributed by atoms with Gasteiger partial charge >= 0.3 is 5.97 Å². The van der Waals surface area contributed by atoms with E-state index in [-0.39, 0.29) is 23.5 Å². The Labute approximate surface area is 124 Å². The standard InChI is InChI=1S/C15H24N2O4/c1-10(2)8-15(5-3-4-6-15)9-16-13(18)12-7-11(14(19)20)17-21-12/h10,12H,3-9H2,1-2H3,(H,16,18)(H,19,20). The predicted octanol–water partition coefficient (Wildman–Crippen LogP) is 1.94. The molecule has 0 aromatic carbocycles. The highest BCUT2D eigenvalue weighted by atomic mass is 16.6. The average Bonchev–Trinajstić information content (AvgIpc) is 3.04. The Hall–Kier alpha value is -1.59. The topological polar surface area (TPSA) is 88.0 Å². The fourth-order valence-electron chi connectivity index (χ4n) is 3.48. The van der Waals surface area contributed by atoms with E-state index in [1.165, 1.54) is 12.8 Å². The summed E-state index contributed by atoms with van der Waals surface area (Å²) in [5, 5.41) is 15.2. The summed E-state index contributed by atoms with van der Waals surface area (Å²) >= 11 is 0. The van der Waals surface area contributed by atoms with Gasteiger partial charge in [-0.05, 0) is 30.6 Å². The molecule has 2 N–H and O–H groups in total. The van der Waals surface area contributed by atoms with Crippen LogP contribution in [0.15, 0.2) is 5.16 Å². The lowest BCUT2D eigenvalue weighted by Crippen LogP contribution is -2.42. The number of hydrogen-bond acceptors (Lipinski definition) is 4. The third kappa shape index (κ3) is 3.95. The van der Waals surface area contributed by atoms with Crippen molar-refractivity contribution in [1.82, 2.24) is 5.32 Å². The molecule has 1 unspecified atom stereocenters. The van der Waals surface area contributed by atoms with Gasteiger partial charge in [-0.3, -0.25) is 4.79 Å². The van der Waals surface area contributed by atoms with Crippen LogP contribution in [-0.4, -0.2) is 35.3 Å².